The molecule has 0 amide bonds. The number of thioether (sulfide) groups is 1. The summed E-state index contributed by atoms with van der Waals surface area (Å²) in [4.78, 5) is 10.2. The van der Waals surface area contributed by atoms with Crippen LogP contribution in [0.1, 0.15) is 12.6 Å². The molecule has 0 bridgehead atoms. The average Bonchev–Trinajstić information content (AvgIpc) is 2.60. The minimum absolute atomic E-state index is 0. The first-order chi connectivity index (χ1) is 11.4. The highest BCUT2D eigenvalue weighted by molar-refractivity contribution is 14.0. The standard InChI is InChI=1S/C18H24N4S.HI/c1-2-19-18(21-13-11-16-8-6-7-12-20-16)22-14-15-23-17-9-4-3-5-10-17;/h3-10,12H,2,11,13-15H2,1H3,(H2,19,21,22);1H. The van der Waals surface area contributed by atoms with Gasteiger partial charge in [-0.05, 0) is 31.2 Å². The second-order valence-corrected chi connectivity index (χ2v) is 6.09. The van der Waals surface area contributed by atoms with E-state index < -0.39 is 0 Å². The van der Waals surface area contributed by atoms with Gasteiger partial charge >= 0.3 is 0 Å². The zero-order valence-corrected chi connectivity index (χ0v) is 17.1. The molecule has 0 spiro atoms. The second-order valence-electron chi connectivity index (χ2n) is 4.92. The molecule has 2 aromatic rings. The summed E-state index contributed by atoms with van der Waals surface area (Å²) in [5, 5.41) is 6.65. The van der Waals surface area contributed by atoms with Crippen LogP contribution >= 0.6 is 35.7 Å². The molecule has 0 unspecified atom stereocenters. The van der Waals surface area contributed by atoms with Crippen LogP contribution in [-0.2, 0) is 6.42 Å². The van der Waals surface area contributed by atoms with Gasteiger partial charge in [-0.15, -0.1) is 35.7 Å². The van der Waals surface area contributed by atoms with Crippen molar-refractivity contribution in [3.8, 4) is 0 Å². The first-order valence-electron chi connectivity index (χ1n) is 7.98. The number of hydrogen-bond acceptors (Lipinski definition) is 3. The number of pyridine rings is 1. The van der Waals surface area contributed by atoms with E-state index >= 15 is 0 Å². The molecule has 2 N–H and O–H groups in total. The molecule has 0 aliphatic carbocycles. The number of aliphatic imine (C=N–C) groups is 1. The number of hydrogen-bond donors (Lipinski definition) is 2. The zero-order valence-electron chi connectivity index (χ0n) is 13.9. The lowest BCUT2D eigenvalue weighted by atomic mass is 10.3. The maximum absolute atomic E-state index is 4.60. The van der Waals surface area contributed by atoms with Crippen LogP contribution in [0, 0.1) is 0 Å². The summed E-state index contributed by atoms with van der Waals surface area (Å²) in [7, 11) is 0. The van der Waals surface area contributed by atoms with Crippen LogP contribution in [-0.4, -0.2) is 36.3 Å². The molecule has 0 aliphatic heterocycles. The number of rotatable bonds is 8. The quantitative estimate of drug-likeness (QED) is 0.210. The molecular formula is C18H25IN4S. The van der Waals surface area contributed by atoms with E-state index in [2.05, 4.69) is 51.8 Å². The van der Waals surface area contributed by atoms with Crippen molar-refractivity contribution in [2.75, 3.05) is 25.4 Å². The summed E-state index contributed by atoms with van der Waals surface area (Å²) >= 11 is 1.85. The van der Waals surface area contributed by atoms with Gasteiger partial charge in [0, 0.05) is 48.6 Å². The smallest absolute Gasteiger partial charge is 0.191 e. The third-order valence-electron chi connectivity index (χ3n) is 3.11. The van der Waals surface area contributed by atoms with Gasteiger partial charge in [0.2, 0.25) is 0 Å². The monoisotopic (exact) mass is 456 g/mol. The number of nitrogens with zero attached hydrogens (tertiary/aromatic N) is 2. The van der Waals surface area contributed by atoms with Crippen LogP contribution in [0.5, 0.6) is 0 Å². The third-order valence-corrected chi connectivity index (χ3v) is 4.13. The van der Waals surface area contributed by atoms with Gasteiger partial charge in [-0.1, -0.05) is 24.3 Å². The molecule has 1 aromatic carbocycles. The fraction of sp³-hybridized carbons (Fsp3) is 0.333. The van der Waals surface area contributed by atoms with Crippen molar-refractivity contribution in [1.82, 2.24) is 15.6 Å². The van der Waals surface area contributed by atoms with E-state index in [0.29, 0.717) is 0 Å². The molecule has 0 saturated carbocycles. The molecule has 130 valence electrons. The van der Waals surface area contributed by atoms with Crippen LogP contribution < -0.4 is 10.6 Å². The van der Waals surface area contributed by atoms with E-state index in [0.717, 1.165) is 43.5 Å². The molecule has 0 saturated heterocycles. The molecule has 4 nitrogen and oxygen atoms in total. The molecule has 0 atom stereocenters. The van der Waals surface area contributed by atoms with E-state index in [1.807, 2.05) is 42.2 Å². The summed E-state index contributed by atoms with van der Waals surface area (Å²) in [5.41, 5.74) is 1.08. The molecule has 0 fully saturated rings. The van der Waals surface area contributed by atoms with Crippen molar-refractivity contribution >= 4 is 41.7 Å². The van der Waals surface area contributed by atoms with Gasteiger partial charge in [0.05, 0.1) is 0 Å². The predicted octanol–water partition coefficient (Wildman–Crippen LogP) is 3.59. The predicted molar refractivity (Wildman–Crippen MR) is 115 cm³/mol. The highest BCUT2D eigenvalue weighted by Crippen LogP contribution is 2.15. The Labute approximate surface area is 166 Å². The van der Waals surface area contributed by atoms with E-state index in [-0.39, 0.29) is 24.0 Å². The van der Waals surface area contributed by atoms with Crippen molar-refractivity contribution in [2.24, 2.45) is 4.99 Å². The normalized spacial score (nSPS) is 10.8. The van der Waals surface area contributed by atoms with E-state index in [1.165, 1.54) is 4.90 Å². The van der Waals surface area contributed by atoms with Gasteiger partial charge in [0.15, 0.2) is 5.96 Å². The van der Waals surface area contributed by atoms with Gasteiger partial charge < -0.3 is 10.6 Å². The van der Waals surface area contributed by atoms with E-state index in [9.17, 15) is 0 Å². The largest absolute Gasteiger partial charge is 0.357 e. The molecule has 1 aromatic heterocycles. The van der Waals surface area contributed by atoms with Gasteiger partial charge in [-0.25, -0.2) is 0 Å². The first kappa shape index (κ1) is 20.8. The van der Waals surface area contributed by atoms with Gasteiger partial charge in [-0.3, -0.25) is 9.98 Å². The Morgan fingerprint density at radius 1 is 1.08 bits per heavy atom. The highest BCUT2D eigenvalue weighted by atomic mass is 127. The Kier molecular flexibility index (Phi) is 11.3. The SMILES string of the molecule is CCNC(=NCCc1ccccn1)NCCSc1ccccc1.I. The van der Waals surface area contributed by atoms with Crippen molar-refractivity contribution in [3.05, 3.63) is 60.4 Å². The minimum atomic E-state index is 0. The van der Waals surface area contributed by atoms with Crippen molar-refractivity contribution in [1.29, 1.82) is 0 Å². The van der Waals surface area contributed by atoms with Gasteiger partial charge in [0.1, 0.15) is 0 Å². The Balaban J connectivity index is 0.00000288. The number of halogens is 1. The van der Waals surface area contributed by atoms with Crippen molar-refractivity contribution < 1.29 is 0 Å². The van der Waals surface area contributed by atoms with Crippen molar-refractivity contribution in [2.45, 2.75) is 18.2 Å². The van der Waals surface area contributed by atoms with E-state index in [4.69, 9.17) is 0 Å². The Morgan fingerprint density at radius 2 is 1.88 bits per heavy atom. The lowest BCUT2D eigenvalue weighted by Gasteiger charge is -2.11. The van der Waals surface area contributed by atoms with Crippen molar-refractivity contribution in [3.63, 3.8) is 0 Å². The number of nitrogens with one attached hydrogen (secondary N) is 2. The third kappa shape index (κ3) is 8.54. The molecule has 24 heavy (non-hydrogen) atoms. The molecule has 0 radical (unpaired) electrons. The molecule has 2 rings (SSSR count). The summed E-state index contributed by atoms with van der Waals surface area (Å²) in [6.45, 7) is 4.56. The fourth-order valence-corrected chi connectivity index (χ4v) is 2.81. The Hall–Kier alpha value is -1.28. The maximum Gasteiger partial charge on any atom is 0.191 e. The maximum atomic E-state index is 4.60. The molecule has 1 heterocycles. The van der Waals surface area contributed by atoms with E-state index in [1.54, 1.807) is 0 Å². The summed E-state index contributed by atoms with van der Waals surface area (Å²) < 4.78 is 0. The van der Waals surface area contributed by atoms with Crippen LogP contribution in [0.2, 0.25) is 0 Å². The number of guanidine groups is 1. The summed E-state index contributed by atoms with van der Waals surface area (Å²) in [6.07, 6.45) is 2.68. The van der Waals surface area contributed by atoms with Gasteiger partial charge in [0.25, 0.3) is 0 Å². The lowest BCUT2D eigenvalue weighted by Crippen LogP contribution is -2.38. The Bertz CT molecular complexity index is 578. The first-order valence-corrected chi connectivity index (χ1v) is 8.97. The summed E-state index contributed by atoms with van der Waals surface area (Å²) in [5.74, 6) is 1.88. The van der Waals surface area contributed by atoms with Crippen LogP contribution in [0.25, 0.3) is 0 Å². The topological polar surface area (TPSA) is 49.3 Å². The molecule has 6 heteroatoms. The summed E-state index contributed by atoms with van der Waals surface area (Å²) in [6, 6.07) is 16.4. The highest BCUT2D eigenvalue weighted by Gasteiger charge is 1.98. The average molecular weight is 456 g/mol. The number of aromatic nitrogens is 1. The van der Waals surface area contributed by atoms with Crippen LogP contribution in [0.4, 0.5) is 0 Å². The second kappa shape index (κ2) is 13.1. The number of benzene rings is 1. The zero-order chi connectivity index (χ0) is 16.2. The van der Waals surface area contributed by atoms with Crippen LogP contribution in [0.15, 0.2) is 64.6 Å². The molecule has 0 aliphatic rings. The molecular weight excluding hydrogens is 431 g/mol. The minimum Gasteiger partial charge on any atom is -0.357 e. The van der Waals surface area contributed by atoms with Crippen LogP contribution in [0.3, 0.4) is 0 Å². The fourth-order valence-electron chi connectivity index (χ4n) is 2.03. The Morgan fingerprint density at radius 3 is 2.58 bits per heavy atom. The lowest BCUT2D eigenvalue weighted by molar-refractivity contribution is 0.830. The van der Waals surface area contributed by atoms with Gasteiger partial charge in [-0.2, -0.15) is 0 Å².